The molecule has 1 atom stereocenters. The van der Waals surface area contributed by atoms with Crippen LogP contribution in [0.3, 0.4) is 0 Å². The van der Waals surface area contributed by atoms with Gasteiger partial charge in [-0.2, -0.15) is 0 Å². The predicted molar refractivity (Wildman–Crippen MR) is 63.9 cm³/mol. The number of hydrogen-bond donors (Lipinski definition) is 0. The van der Waals surface area contributed by atoms with E-state index in [0.717, 1.165) is 0 Å². The van der Waals surface area contributed by atoms with Crippen LogP contribution in [-0.4, -0.2) is 18.5 Å². The van der Waals surface area contributed by atoms with Crippen molar-refractivity contribution in [3.8, 4) is 0 Å². The van der Waals surface area contributed by atoms with Crippen LogP contribution in [-0.2, 0) is 16.0 Å². The fourth-order valence-corrected chi connectivity index (χ4v) is 1.76. The van der Waals surface area contributed by atoms with Crippen LogP contribution in [0.1, 0.15) is 19.4 Å². The summed E-state index contributed by atoms with van der Waals surface area (Å²) in [5.41, 5.74) is 0.650. The summed E-state index contributed by atoms with van der Waals surface area (Å²) in [5, 5.41) is 0. The van der Waals surface area contributed by atoms with Crippen molar-refractivity contribution in [2.75, 3.05) is 6.61 Å². The van der Waals surface area contributed by atoms with Gasteiger partial charge in [-0.3, -0.25) is 4.79 Å². The van der Waals surface area contributed by atoms with E-state index in [0.29, 0.717) is 16.6 Å². The van der Waals surface area contributed by atoms with Gasteiger partial charge in [0, 0.05) is 13.0 Å². The third kappa shape index (κ3) is 3.39. The Morgan fingerprint density at radius 1 is 1.56 bits per heavy atom. The molecule has 0 heterocycles. The Morgan fingerprint density at radius 3 is 2.88 bits per heavy atom. The van der Waals surface area contributed by atoms with Gasteiger partial charge in [0.1, 0.15) is 11.9 Å². The first-order chi connectivity index (χ1) is 7.56. The van der Waals surface area contributed by atoms with Gasteiger partial charge in [0.15, 0.2) is 5.78 Å². The van der Waals surface area contributed by atoms with E-state index in [4.69, 9.17) is 4.74 Å². The molecule has 0 radical (unpaired) electrons. The topological polar surface area (TPSA) is 26.3 Å². The van der Waals surface area contributed by atoms with Crippen LogP contribution in [0.2, 0.25) is 0 Å². The summed E-state index contributed by atoms with van der Waals surface area (Å²) in [4.78, 5) is 11.7. The molecule has 0 bridgehead atoms. The number of halogens is 2. The number of hydrogen-bond acceptors (Lipinski definition) is 2. The van der Waals surface area contributed by atoms with Crippen molar-refractivity contribution in [3.05, 3.63) is 34.1 Å². The smallest absolute Gasteiger partial charge is 0.165 e. The van der Waals surface area contributed by atoms with Crippen LogP contribution in [0.25, 0.3) is 0 Å². The number of rotatable bonds is 5. The minimum Gasteiger partial charge on any atom is -0.371 e. The molecular weight excluding hydrogens is 275 g/mol. The summed E-state index contributed by atoms with van der Waals surface area (Å²) < 4.78 is 18.7. The van der Waals surface area contributed by atoms with Gasteiger partial charge in [0.2, 0.25) is 0 Å². The van der Waals surface area contributed by atoms with E-state index in [-0.39, 0.29) is 18.0 Å². The number of carbonyl (C=O) groups excluding carboxylic acids is 1. The zero-order valence-corrected chi connectivity index (χ0v) is 10.9. The van der Waals surface area contributed by atoms with E-state index in [1.54, 1.807) is 19.1 Å². The van der Waals surface area contributed by atoms with E-state index in [1.807, 2.05) is 6.92 Å². The van der Waals surface area contributed by atoms with Crippen LogP contribution in [0.15, 0.2) is 22.7 Å². The van der Waals surface area contributed by atoms with Gasteiger partial charge in [0.25, 0.3) is 0 Å². The molecule has 0 saturated carbocycles. The van der Waals surface area contributed by atoms with Gasteiger partial charge >= 0.3 is 0 Å². The standard InChI is InChI=1S/C12H14BrFO2/c1-3-16-8(2)11(15)7-9-5-4-6-10(14)12(9)13/h4-6,8H,3,7H2,1-2H3. The highest BCUT2D eigenvalue weighted by Crippen LogP contribution is 2.21. The molecule has 88 valence electrons. The monoisotopic (exact) mass is 288 g/mol. The molecule has 0 amide bonds. The summed E-state index contributed by atoms with van der Waals surface area (Å²) >= 11 is 3.13. The van der Waals surface area contributed by atoms with Gasteiger partial charge in [-0.1, -0.05) is 12.1 Å². The SMILES string of the molecule is CCOC(C)C(=O)Cc1cccc(F)c1Br. The molecule has 0 aliphatic rings. The second kappa shape index (κ2) is 6.11. The maximum absolute atomic E-state index is 13.2. The zero-order valence-electron chi connectivity index (χ0n) is 9.30. The molecule has 0 aromatic heterocycles. The Balaban J connectivity index is 2.73. The molecule has 16 heavy (non-hydrogen) atoms. The highest BCUT2D eigenvalue weighted by atomic mass is 79.9. The largest absolute Gasteiger partial charge is 0.371 e. The average Bonchev–Trinajstić information content (AvgIpc) is 2.25. The van der Waals surface area contributed by atoms with E-state index >= 15 is 0 Å². The molecule has 0 N–H and O–H groups in total. The minimum atomic E-state index is -0.444. The summed E-state index contributed by atoms with van der Waals surface area (Å²) in [6, 6.07) is 4.67. The van der Waals surface area contributed by atoms with Crippen LogP contribution >= 0.6 is 15.9 Å². The Kier molecular flexibility index (Phi) is 5.09. The fraction of sp³-hybridized carbons (Fsp3) is 0.417. The molecule has 1 unspecified atom stereocenters. The number of carbonyl (C=O) groups is 1. The van der Waals surface area contributed by atoms with Crippen molar-refractivity contribution < 1.29 is 13.9 Å². The number of ether oxygens (including phenoxy) is 1. The van der Waals surface area contributed by atoms with Crippen molar-refractivity contribution >= 4 is 21.7 Å². The van der Waals surface area contributed by atoms with Crippen LogP contribution in [0.4, 0.5) is 4.39 Å². The second-order valence-electron chi connectivity index (χ2n) is 3.45. The van der Waals surface area contributed by atoms with Crippen molar-refractivity contribution in [2.45, 2.75) is 26.4 Å². The quantitative estimate of drug-likeness (QED) is 0.832. The normalized spacial score (nSPS) is 12.5. The Hall–Kier alpha value is -0.740. The third-order valence-corrected chi connectivity index (χ3v) is 3.15. The summed E-state index contributed by atoms with van der Waals surface area (Å²) in [6.07, 6.45) is -0.264. The van der Waals surface area contributed by atoms with Crippen molar-refractivity contribution in [1.82, 2.24) is 0 Å². The van der Waals surface area contributed by atoms with Crippen LogP contribution < -0.4 is 0 Å². The fourth-order valence-electron chi connectivity index (χ4n) is 1.36. The molecule has 0 aliphatic heterocycles. The lowest BCUT2D eigenvalue weighted by Crippen LogP contribution is -2.22. The lowest BCUT2D eigenvalue weighted by atomic mass is 10.1. The molecule has 1 aromatic carbocycles. The predicted octanol–water partition coefficient (Wildman–Crippen LogP) is 3.12. The maximum Gasteiger partial charge on any atom is 0.165 e. The molecule has 0 spiro atoms. The number of Topliss-reactive ketones (excluding diaryl/α,β-unsaturated/α-hetero) is 1. The first-order valence-corrected chi connectivity index (χ1v) is 5.92. The van der Waals surface area contributed by atoms with Crippen LogP contribution in [0.5, 0.6) is 0 Å². The van der Waals surface area contributed by atoms with Gasteiger partial charge in [-0.25, -0.2) is 4.39 Å². The van der Waals surface area contributed by atoms with Crippen molar-refractivity contribution in [3.63, 3.8) is 0 Å². The van der Waals surface area contributed by atoms with E-state index in [1.165, 1.54) is 6.07 Å². The van der Waals surface area contributed by atoms with Gasteiger partial charge in [-0.15, -0.1) is 0 Å². The molecule has 0 fully saturated rings. The van der Waals surface area contributed by atoms with Crippen molar-refractivity contribution in [1.29, 1.82) is 0 Å². The molecule has 1 aromatic rings. The Morgan fingerprint density at radius 2 is 2.25 bits per heavy atom. The lowest BCUT2D eigenvalue weighted by Gasteiger charge is -2.11. The van der Waals surface area contributed by atoms with Gasteiger partial charge in [0.05, 0.1) is 4.47 Å². The summed E-state index contributed by atoms with van der Waals surface area (Å²) in [7, 11) is 0. The third-order valence-electron chi connectivity index (χ3n) is 2.27. The average molecular weight is 289 g/mol. The molecule has 2 nitrogen and oxygen atoms in total. The highest BCUT2D eigenvalue weighted by Gasteiger charge is 2.15. The number of ketones is 1. The Bertz CT molecular complexity index is 379. The molecule has 4 heteroatoms. The first kappa shape index (κ1) is 13.3. The maximum atomic E-state index is 13.2. The van der Waals surface area contributed by atoms with E-state index in [9.17, 15) is 9.18 Å². The Labute approximate surface area is 103 Å². The second-order valence-corrected chi connectivity index (χ2v) is 4.25. The summed E-state index contributed by atoms with van der Waals surface area (Å²) in [6.45, 7) is 4.04. The van der Waals surface area contributed by atoms with E-state index in [2.05, 4.69) is 15.9 Å². The lowest BCUT2D eigenvalue weighted by molar-refractivity contribution is -0.128. The minimum absolute atomic E-state index is 0.0480. The zero-order chi connectivity index (χ0) is 12.1. The first-order valence-electron chi connectivity index (χ1n) is 5.13. The highest BCUT2D eigenvalue weighted by molar-refractivity contribution is 9.10. The van der Waals surface area contributed by atoms with Crippen LogP contribution in [0, 0.1) is 5.82 Å². The number of benzene rings is 1. The van der Waals surface area contributed by atoms with E-state index < -0.39 is 6.10 Å². The molecule has 1 rings (SSSR count). The van der Waals surface area contributed by atoms with Gasteiger partial charge < -0.3 is 4.74 Å². The van der Waals surface area contributed by atoms with Gasteiger partial charge in [-0.05, 0) is 41.4 Å². The molecule has 0 saturated heterocycles. The van der Waals surface area contributed by atoms with Crippen molar-refractivity contribution in [2.24, 2.45) is 0 Å². The summed E-state index contributed by atoms with van der Waals surface area (Å²) in [5.74, 6) is -0.400. The molecule has 0 aliphatic carbocycles. The molecular formula is C12H14BrFO2.